The van der Waals surface area contributed by atoms with Gasteiger partial charge in [0.05, 0.1) is 16.7 Å². The molecule has 0 aliphatic rings. The Hall–Kier alpha value is -0.740. The number of benzene rings is 1. The zero-order valence-electron chi connectivity index (χ0n) is 8.77. The van der Waals surface area contributed by atoms with Gasteiger partial charge in [-0.05, 0) is 24.3 Å². The molecular formula is C10H14ClNO2S. The van der Waals surface area contributed by atoms with E-state index in [1.54, 1.807) is 31.2 Å². The van der Waals surface area contributed by atoms with Crippen molar-refractivity contribution < 1.29 is 8.42 Å². The van der Waals surface area contributed by atoms with E-state index in [4.69, 9.17) is 11.6 Å². The molecule has 5 heteroatoms. The highest BCUT2D eigenvalue weighted by atomic mass is 35.5. The van der Waals surface area contributed by atoms with Crippen LogP contribution >= 0.6 is 11.6 Å². The lowest BCUT2D eigenvalue weighted by atomic mass is 10.3. The van der Waals surface area contributed by atoms with Crippen LogP contribution in [0.3, 0.4) is 0 Å². The van der Waals surface area contributed by atoms with E-state index in [2.05, 4.69) is 0 Å². The Morgan fingerprint density at radius 2 is 1.80 bits per heavy atom. The van der Waals surface area contributed by atoms with Gasteiger partial charge >= 0.3 is 0 Å². The molecule has 0 amide bonds. The molecule has 0 unspecified atom stereocenters. The van der Waals surface area contributed by atoms with Crippen molar-refractivity contribution in [1.82, 2.24) is 0 Å². The summed E-state index contributed by atoms with van der Waals surface area (Å²) in [6.07, 6.45) is 0. The molecule has 0 radical (unpaired) electrons. The summed E-state index contributed by atoms with van der Waals surface area (Å²) in [5.41, 5.74) is 0.903. The largest absolute Gasteiger partial charge is 0.361 e. The summed E-state index contributed by atoms with van der Waals surface area (Å²) in [6, 6.07) is 7.10. The molecule has 0 bridgehead atoms. The van der Waals surface area contributed by atoms with E-state index in [0.717, 1.165) is 5.69 Å². The molecule has 15 heavy (non-hydrogen) atoms. The Labute approximate surface area is 95.6 Å². The Morgan fingerprint density at radius 1 is 1.27 bits per heavy atom. The van der Waals surface area contributed by atoms with Crippen LogP contribution in [0.25, 0.3) is 0 Å². The molecule has 0 N–H and O–H groups in total. The molecule has 3 nitrogen and oxygen atoms in total. The lowest BCUT2D eigenvalue weighted by molar-refractivity contribution is 0.597. The van der Waals surface area contributed by atoms with Crippen molar-refractivity contribution in [3.63, 3.8) is 0 Å². The number of sulfone groups is 1. The van der Waals surface area contributed by atoms with Crippen LogP contribution in [0, 0.1) is 0 Å². The summed E-state index contributed by atoms with van der Waals surface area (Å²) >= 11 is 5.65. The van der Waals surface area contributed by atoms with Gasteiger partial charge in [0.25, 0.3) is 0 Å². The van der Waals surface area contributed by atoms with Crippen LogP contribution < -0.4 is 4.90 Å². The third-order valence-corrected chi connectivity index (χ3v) is 4.30. The molecule has 84 valence electrons. The molecule has 0 aliphatic heterocycles. The number of nitrogens with zero attached hydrogens (tertiary/aromatic N) is 1. The van der Waals surface area contributed by atoms with Crippen LogP contribution in [0.1, 0.15) is 6.92 Å². The molecule has 1 aromatic carbocycles. The summed E-state index contributed by atoms with van der Waals surface area (Å²) in [6.45, 7) is 1.63. The first kappa shape index (κ1) is 12.3. The Morgan fingerprint density at radius 3 is 2.20 bits per heavy atom. The molecule has 0 aromatic heterocycles. The summed E-state index contributed by atoms with van der Waals surface area (Å²) in [4.78, 5) is 2.18. The van der Waals surface area contributed by atoms with Crippen molar-refractivity contribution in [1.29, 1.82) is 0 Å². The summed E-state index contributed by atoms with van der Waals surface area (Å²) in [5, 5.41) is 0. The number of hydrogen-bond acceptors (Lipinski definition) is 3. The Balaban J connectivity index is 3.00. The third-order valence-electron chi connectivity index (χ3n) is 2.20. The van der Waals surface area contributed by atoms with Gasteiger partial charge in [-0.15, -0.1) is 11.6 Å². The van der Waals surface area contributed by atoms with Crippen molar-refractivity contribution in [3.8, 4) is 0 Å². The van der Waals surface area contributed by atoms with Crippen molar-refractivity contribution in [2.24, 2.45) is 0 Å². The molecule has 0 spiro atoms. The highest BCUT2D eigenvalue weighted by Crippen LogP contribution is 2.17. The van der Waals surface area contributed by atoms with Gasteiger partial charge in [0.1, 0.15) is 0 Å². The molecule has 0 saturated heterocycles. The van der Waals surface area contributed by atoms with E-state index in [-0.39, 0.29) is 5.75 Å². The van der Waals surface area contributed by atoms with E-state index < -0.39 is 9.84 Å². The number of alkyl halides is 1. The van der Waals surface area contributed by atoms with Crippen molar-refractivity contribution in [2.75, 3.05) is 23.7 Å². The molecule has 0 heterocycles. The van der Waals surface area contributed by atoms with Crippen LogP contribution in [-0.2, 0) is 9.84 Å². The molecule has 1 aromatic rings. The first-order chi connectivity index (χ1) is 7.01. The van der Waals surface area contributed by atoms with Gasteiger partial charge in [0, 0.05) is 12.7 Å². The Kier molecular flexibility index (Phi) is 3.99. The van der Waals surface area contributed by atoms with Crippen molar-refractivity contribution in [3.05, 3.63) is 24.3 Å². The minimum atomic E-state index is -3.10. The lowest BCUT2D eigenvalue weighted by Crippen LogP contribution is -2.14. The second kappa shape index (κ2) is 4.86. The smallest absolute Gasteiger partial charge is 0.178 e. The zero-order chi connectivity index (χ0) is 11.5. The third kappa shape index (κ3) is 2.86. The van der Waals surface area contributed by atoms with Gasteiger partial charge in [0.15, 0.2) is 9.84 Å². The van der Waals surface area contributed by atoms with Crippen LogP contribution in [0.4, 0.5) is 5.69 Å². The fourth-order valence-electron chi connectivity index (χ4n) is 1.14. The Bertz CT molecular complexity index is 414. The van der Waals surface area contributed by atoms with Gasteiger partial charge < -0.3 is 4.90 Å². The number of anilines is 1. The van der Waals surface area contributed by atoms with E-state index in [1.807, 2.05) is 11.9 Å². The normalized spacial score (nSPS) is 11.4. The van der Waals surface area contributed by atoms with Gasteiger partial charge in [-0.2, -0.15) is 0 Å². The second-order valence-corrected chi connectivity index (χ2v) is 5.73. The quantitative estimate of drug-likeness (QED) is 0.604. The van der Waals surface area contributed by atoms with Gasteiger partial charge in [-0.3, -0.25) is 0 Å². The van der Waals surface area contributed by atoms with E-state index >= 15 is 0 Å². The number of halogens is 1. The zero-order valence-corrected chi connectivity index (χ0v) is 10.3. The molecule has 0 saturated carbocycles. The van der Waals surface area contributed by atoms with Crippen LogP contribution in [-0.4, -0.2) is 27.2 Å². The maximum Gasteiger partial charge on any atom is 0.178 e. The maximum absolute atomic E-state index is 11.5. The fourth-order valence-corrected chi connectivity index (χ4v) is 2.17. The SMILES string of the molecule is CCS(=O)(=O)c1ccc(N(C)CCl)cc1. The minimum Gasteiger partial charge on any atom is -0.361 e. The highest BCUT2D eigenvalue weighted by Gasteiger charge is 2.11. The monoisotopic (exact) mass is 247 g/mol. The first-order valence-corrected chi connectivity index (χ1v) is 6.80. The van der Waals surface area contributed by atoms with Crippen LogP contribution in [0.15, 0.2) is 29.2 Å². The average Bonchev–Trinajstić information content (AvgIpc) is 2.28. The predicted molar refractivity (Wildman–Crippen MR) is 63.3 cm³/mol. The lowest BCUT2D eigenvalue weighted by Gasteiger charge is -2.15. The minimum absolute atomic E-state index is 0.123. The summed E-state index contributed by atoms with van der Waals surface area (Å²) < 4.78 is 23.0. The van der Waals surface area contributed by atoms with Gasteiger partial charge in [-0.1, -0.05) is 6.92 Å². The van der Waals surface area contributed by atoms with Crippen molar-refractivity contribution in [2.45, 2.75) is 11.8 Å². The average molecular weight is 248 g/mol. The van der Waals surface area contributed by atoms with E-state index in [0.29, 0.717) is 10.9 Å². The van der Waals surface area contributed by atoms with Crippen LogP contribution in [0.2, 0.25) is 0 Å². The number of rotatable bonds is 4. The maximum atomic E-state index is 11.5. The topological polar surface area (TPSA) is 37.4 Å². The van der Waals surface area contributed by atoms with Crippen molar-refractivity contribution >= 4 is 27.1 Å². The molecule has 0 atom stereocenters. The molecule has 1 rings (SSSR count). The van der Waals surface area contributed by atoms with Gasteiger partial charge in [-0.25, -0.2) is 8.42 Å². The van der Waals surface area contributed by atoms with Crippen LogP contribution in [0.5, 0.6) is 0 Å². The molecule has 0 aliphatic carbocycles. The molecular weight excluding hydrogens is 234 g/mol. The predicted octanol–water partition coefficient (Wildman–Crippen LogP) is 2.11. The number of hydrogen-bond donors (Lipinski definition) is 0. The molecule has 0 fully saturated rings. The second-order valence-electron chi connectivity index (χ2n) is 3.21. The fraction of sp³-hybridized carbons (Fsp3) is 0.400. The van der Waals surface area contributed by atoms with E-state index in [9.17, 15) is 8.42 Å². The van der Waals surface area contributed by atoms with Gasteiger partial charge in [0.2, 0.25) is 0 Å². The standard InChI is InChI=1S/C10H14ClNO2S/c1-3-15(13,14)10-6-4-9(5-7-10)12(2)8-11/h4-7H,3,8H2,1-2H3. The highest BCUT2D eigenvalue weighted by molar-refractivity contribution is 7.91. The first-order valence-electron chi connectivity index (χ1n) is 4.61. The summed E-state index contributed by atoms with van der Waals surface area (Å²) in [5.74, 6) is 0.123. The van der Waals surface area contributed by atoms with E-state index in [1.165, 1.54) is 0 Å². The summed E-state index contributed by atoms with van der Waals surface area (Å²) in [7, 11) is -1.26.